The van der Waals surface area contributed by atoms with Crippen LogP contribution >= 0.6 is 11.6 Å². The zero-order valence-electron chi connectivity index (χ0n) is 15.4. The van der Waals surface area contributed by atoms with Gasteiger partial charge in [0.1, 0.15) is 11.3 Å². The number of hydrogen-bond acceptors (Lipinski definition) is 5. The molecule has 1 N–H and O–H groups in total. The van der Waals surface area contributed by atoms with E-state index >= 15 is 0 Å². The van der Waals surface area contributed by atoms with Gasteiger partial charge in [-0.3, -0.25) is 4.79 Å². The number of hydrogen-bond donors (Lipinski definition) is 1. The Bertz CT molecular complexity index is 891. The summed E-state index contributed by atoms with van der Waals surface area (Å²) >= 11 is 6.15. The standard InChI is InChI=1S/C20H21ClN2O4/c1-13(2)20(3,12-22)23-18(24)10-27-19(25)11-26-17-9-8-16(21)14-6-4-5-7-15(14)17/h4-9,13H,10-11H2,1-3H3,(H,23,24)/t20-/m0/s1. The Morgan fingerprint density at radius 2 is 1.85 bits per heavy atom. The van der Waals surface area contributed by atoms with Crippen molar-refractivity contribution in [2.75, 3.05) is 13.2 Å². The second kappa shape index (κ2) is 8.74. The van der Waals surface area contributed by atoms with Crippen LogP contribution in [0.1, 0.15) is 20.8 Å². The highest BCUT2D eigenvalue weighted by molar-refractivity contribution is 6.35. The van der Waals surface area contributed by atoms with Crippen LogP contribution in [0.25, 0.3) is 10.8 Å². The lowest BCUT2D eigenvalue weighted by molar-refractivity contribution is -0.150. The van der Waals surface area contributed by atoms with E-state index in [0.717, 1.165) is 10.8 Å². The summed E-state index contributed by atoms with van der Waals surface area (Å²) in [6.45, 7) is 4.43. The molecule has 1 amide bonds. The molecule has 0 aromatic heterocycles. The zero-order valence-corrected chi connectivity index (χ0v) is 16.2. The minimum Gasteiger partial charge on any atom is -0.481 e. The van der Waals surface area contributed by atoms with E-state index in [1.165, 1.54) is 0 Å². The molecule has 6 nitrogen and oxygen atoms in total. The predicted octanol–water partition coefficient (Wildman–Crippen LogP) is 3.47. The Labute approximate surface area is 163 Å². The van der Waals surface area contributed by atoms with Crippen molar-refractivity contribution in [3.8, 4) is 11.8 Å². The molecule has 0 saturated carbocycles. The fourth-order valence-electron chi connectivity index (χ4n) is 2.31. The Hall–Kier alpha value is -2.78. The van der Waals surface area contributed by atoms with E-state index in [2.05, 4.69) is 11.4 Å². The van der Waals surface area contributed by atoms with Gasteiger partial charge >= 0.3 is 5.97 Å². The fraction of sp³-hybridized carbons (Fsp3) is 0.350. The number of nitrogens with zero attached hydrogens (tertiary/aromatic N) is 1. The van der Waals surface area contributed by atoms with Crippen LogP contribution < -0.4 is 10.1 Å². The van der Waals surface area contributed by atoms with E-state index in [4.69, 9.17) is 21.1 Å². The molecule has 27 heavy (non-hydrogen) atoms. The summed E-state index contributed by atoms with van der Waals surface area (Å²) in [5.41, 5.74) is -1.03. The summed E-state index contributed by atoms with van der Waals surface area (Å²) in [7, 11) is 0. The number of benzene rings is 2. The fourth-order valence-corrected chi connectivity index (χ4v) is 2.54. The maximum Gasteiger partial charge on any atom is 0.344 e. The van der Waals surface area contributed by atoms with Crippen molar-refractivity contribution >= 4 is 34.2 Å². The summed E-state index contributed by atoms with van der Waals surface area (Å²) in [6, 6.07) is 12.8. The molecule has 7 heteroatoms. The van der Waals surface area contributed by atoms with E-state index in [-0.39, 0.29) is 12.5 Å². The molecule has 0 fully saturated rings. The van der Waals surface area contributed by atoms with Gasteiger partial charge in [0.15, 0.2) is 13.2 Å². The van der Waals surface area contributed by atoms with Crippen LogP contribution in [0.15, 0.2) is 36.4 Å². The highest BCUT2D eigenvalue weighted by atomic mass is 35.5. The minimum absolute atomic E-state index is 0.0938. The second-order valence-corrected chi connectivity index (χ2v) is 6.96. The van der Waals surface area contributed by atoms with Gasteiger partial charge in [-0.2, -0.15) is 5.26 Å². The molecular weight excluding hydrogens is 368 g/mol. The number of rotatable bonds is 7. The van der Waals surface area contributed by atoms with Gasteiger partial charge in [0, 0.05) is 15.8 Å². The first-order valence-corrected chi connectivity index (χ1v) is 8.82. The van der Waals surface area contributed by atoms with Crippen LogP contribution in [-0.4, -0.2) is 30.6 Å². The third-order valence-electron chi connectivity index (χ3n) is 4.33. The van der Waals surface area contributed by atoms with Crippen molar-refractivity contribution in [2.45, 2.75) is 26.3 Å². The molecule has 0 aliphatic carbocycles. The van der Waals surface area contributed by atoms with Crippen LogP contribution in [0.5, 0.6) is 5.75 Å². The van der Waals surface area contributed by atoms with Gasteiger partial charge in [0.25, 0.3) is 5.91 Å². The first-order valence-electron chi connectivity index (χ1n) is 8.44. The molecule has 2 rings (SSSR count). The number of nitriles is 1. The lowest BCUT2D eigenvalue weighted by atomic mass is 9.90. The monoisotopic (exact) mass is 388 g/mol. The predicted molar refractivity (Wildman–Crippen MR) is 102 cm³/mol. The molecule has 0 aliphatic heterocycles. The average Bonchev–Trinajstić information content (AvgIpc) is 2.65. The van der Waals surface area contributed by atoms with Gasteiger partial charge < -0.3 is 14.8 Å². The van der Waals surface area contributed by atoms with Gasteiger partial charge in [0.2, 0.25) is 0 Å². The number of fused-ring (bicyclic) bond motifs is 1. The number of ether oxygens (including phenoxy) is 2. The van der Waals surface area contributed by atoms with E-state index < -0.39 is 24.0 Å². The van der Waals surface area contributed by atoms with Gasteiger partial charge in [-0.05, 0) is 25.0 Å². The minimum atomic E-state index is -1.03. The van der Waals surface area contributed by atoms with Crippen molar-refractivity contribution in [3.05, 3.63) is 41.4 Å². The van der Waals surface area contributed by atoms with E-state index in [1.807, 2.05) is 38.1 Å². The molecule has 1 atom stereocenters. The van der Waals surface area contributed by atoms with Crippen molar-refractivity contribution in [3.63, 3.8) is 0 Å². The summed E-state index contributed by atoms with van der Waals surface area (Å²) in [5.74, 6) is -0.831. The van der Waals surface area contributed by atoms with Gasteiger partial charge in [0.05, 0.1) is 6.07 Å². The number of carbonyl (C=O) groups excluding carboxylic acids is 2. The van der Waals surface area contributed by atoms with Gasteiger partial charge in [-0.25, -0.2) is 4.79 Å². The Kier molecular flexibility index (Phi) is 6.65. The van der Waals surface area contributed by atoms with Crippen molar-refractivity contribution < 1.29 is 19.1 Å². The first-order chi connectivity index (χ1) is 12.8. The first kappa shape index (κ1) is 20.5. The van der Waals surface area contributed by atoms with Crippen molar-refractivity contribution in [2.24, 2.45) is 5.92 Å². The molecule has 2 aromatic carbocycles. The average molecular weight is 389 g/mol. The lowest BCUT2D eigenvalue weighted by Crippen LogP contribution is -2.50. The van der Waals surface area contributed by atoms with E-state index in [0.29, 0.717) is 10.8 Å². The number of amides is 1. The van der Waals surface area contributed by atoms with Crippen molar-refractivity contribution in [1.29, 1.82) is 5.26 Å². The van der Waals surface area contributed by atoms with Gasteiger partial charge in [-0.1, -0.05) is 49.7 Å². The smallest absolute Gasteiger partial charge is 0.344 e. The number of halogens is 1. The largest absolute Gasteiger partial charge is 0.481 e. The summed E-state index contributed by atoms with van der Waals surface area (Å²) in [5, 5.41) is 13.9. The summed E-state index contributed by atoms with van der Waals surface area (Å²) in [4.78, 5) is 23.8. The maximum absolute atomic E-state index is 11.9. The highest BCUT2D eigenvalue weighted by Crippen LogP contribution is 2.31. The molecule has 0 saturated heterocycles. The molecule has 2 aromatic rings. The molecule has 0 bridgehead atoms. The highest BCUT2D eigenvalue weighted by Gasteiger charge is 2.30. The van der Waals surface area contributed by atoms with Gasteiger partial charge in [-0.15, -0.1) is 0 Å². The van der Waals surface area contributed by atoms with Crippen LogP contribution in [-0.2, 0) is 14.3 Å². The van der Waals surface area contributed by atoms with Crippen LogP contribution in [0.4, 0.5) is 0 Å². The molecule has 0 spiro atoms. The third-order valence-corrected chi connectivity index (χ3v) is 4.66. The topological polar surface area (TPSA) is 88.4 Å². The number of esters is 1. The maximum atomic E-state index is 11.9. The molecule has 0 aliphatic rings. The van der Waals surface area contributed by atoms with Crippen LogP contribution in [0, 0.1) is 17.2 Å². The quantitative estimate of drug-likeness (QED) is 0.733. The summed E-state index contributed by atoms with van der Waals surface area (Å²) in [6.07, 6.45) is 0. The lowest BCUT2D eigenvalue weighted by Gasteiger charge is -2.27. The normalized spacial score (nSPS) is 12.9. The summed E-state index contributed by atoms with van der Waals surface area (Å²) < 4.78 is 10.4. The van der Waals surface area contributed by atoms with Crippen LogP contribution in [0.2, 0.25) is 5.02 Å². The Morgan fingerprint density at radius 3 is 2.48 bits per heavy atom. The molecule has 0 radical (unpaired) electrons. The number of carbonyl (C=O) groups is 2. The zero-order chi connectivity index (χ0) is 20.0. The SMILES string of the molecule is CC(C)[C@](C)(C#N)NC(=O)COC(=O)COc1ccc(Cl)c2ccccc12. The number of nitrogens with one attached hydrogen (secondary N) is 1. The molecular formula is C20H21ClN2O4. The molecule has 0 unspecified atom stereocenters. The second-order valence-electron chi connectivity index (χ2n) is 6.56. The Morgan fingerprint density at radius 1 is 1.19 bits per heavy atom. The van der Waals surface area contributed by atoms with Crippen LogP contribution in [0.3, 0.4) is 0 Å². The van der Waals surface area contributed by atoms with E-state index in [1.54, 1.807) is 19.1 Å². The van der Waals surface area contributed by atoms with Crippen molar-refractivity contribution in [1.82, 2.24) is 5.32 Å². The third kappa shape index (κ3) is 5.11. The molecule has 142 valence electrons. The molecule has 0 heterocycles. The van der Waals surface area contributed by atoms with E-state index in [9.17, 15) is 14.9 Å². The Balaban J connectivity index is 1.90.